The molecule has 0 saturated carbocycles. The van der Waals surface area contributed by atoms with E-state index in [1.54, 1.807) is 30.2 Å². The van der Waals surface area contributed by atoms with Gasteiger partial charge in [-0.3, -0.25) is 9.89 Å². The van der Waals surface area contributed by atoms with Gasteiger partial charge >= 0.3 is 18.2 Å². The largest absolute Gasteiger partial charge is 0.469 e. The maximum absolute atomic E-state index is 12.7. The van der Waals surface area contributed by atoms with Crippen molar-refractivity contribution in [1.82, 2.24) is 25.5 Å². The fraction of sp³-hybridized carbons (Fsp3) is 0.526. The molecule has 1 saturated heterocycles. The Morgan fingerprint density at radius 3 is 2.70 bits per heavy atom. The van der Waals surface area contributed by atoms with Gasteiger partial charge in [-0.2, -0.15) is 23.3 Å². The standard InChI is InChI=1S/C19H24F3N7O4/c1-10-6-15(26-14-4-5-23-28-14)27-17(24-10)29-8-12(16(30)32-3)7-13(9-29)25-18(31)33-11(2)19(20,21)22/h4-6,11-13H,7-9H2,1-3H3,(H,25,31)(H2,23,24,26,27,28)/t11-,12?,13?/m0/s1. The third kappa shape index (κ3) is 6.46. The number of alkyl halides is 3. The molecule has 1 fully saturated rings. The van der Waals surface area contributed by atoms with Gasteiger partial charge < -0.3 is 25.0 Å². The fourth-order valence-corrected chi connectivity index (χ4v) is 3.35. The lowest BCUT2D eigenvalue weighted by Crippen LogP contribution is -2.53. The summed E-state index contributed by atoms with van der Waals surface area (Å²) in [6, 6.07) is 2.71. The summed E-state index contributed by atoms with van der Waals surface area (Å²) >= 11 is 0. The van der Waals surface area contributed by atoms with E-state index >= 15 is 0 Å². The summed E-state index contributed by atoms with van der Waals surface area (Å²) in [5.74, 6) is 0.153. The van der Waals surface area contributed by atoms with E-state index in [0.717, 1.165) is 6.92 Å². The number of nitrogens with one attached hydrogen (secondary N) is 3. The molecule has 2 aromatic heterocycles. The van der Waals surface area contributed by atoms with Gasteiger partial charge in [-0.1, -0.05) is 0 Å². The molecule has 14 heteroatoms. The number of alkyl carbamates (subject to hydrolysis) is 1. The first kappa shape index (κ1) is 24.1. The molecule has 33 heavy (non-hydrogen) atoms. The van der Waals surface area contributed by atoms with Gasteiger partial charge in [-0.15, -0.1) is 0 Å². The molecule has 3 rings (SSSR count). The Balaban J connectivity index is 1.77. The Kier molecular flexibility index (Phi) is 7.23. The Bertz CT molecular complexity index is 971. The van der Waals surface area contributed by atoms with Crippen LogP contribution < -0.4 is 15.5 Å². The van der Waals surface area contributed by atoms with Gasteiger partial charge in [-0.25, -0.2) is 9.78 Å². The number of carbonyl (C=O) groups excluding carboxylic acids is 2. The molecule has 2 unspecified atom stereocenters. The molecule has 0 aromatic carbocycles. The normalized spacial score (nSPS) is 19.5. The first-order valence-electron chi connectivity index (χ1n) is 10.0. The molecular formula is C19H24F3N7O4. The maximum atomic E-state index is 12.7. The van der Waals surface area contributed by atoms with E-state index in [2.05, 4.69) is 35.5 Å². The maximum Gasteiger partial charge on any atom is 0.425 e. The molecule has 3 heterocycles. The second-order valence-corrected chi connectivity index (χ2v) is 7.58. The number of carbonyl (C=O) groups is 2. The zero-order valence-electron chi connectivity index (χ0n) is 18.1. The molecule has 0 spiro atoms. The molecule has 1 aliphatic rings. The van der Waals surface area contributed by atoms with Crippen LogP contribution in [-0.2, 0) is 14.3 Å². The Morgan fingerprint density at radius 2 is 2.06 bits per heavy atom. The number of esters is 1. The van der Waals surface area contributed by atoms with Gasteiger partial charge in [-0.05, 0) is 20.3 Å². The number of anilines is 3. The highest BCUT2D eigenvalue weighted by molar-refractivity contribution is 5.74. The highest BCUT2D eigenvalue weighted by Crippen LogP contribution is 2.25. The van der Waals surface area contributed by atoms with Gasteiger partial charge in [0.05, 0.1) is 25.3 Å². The Morgan fingerprint density at radius 1 is 1.30 bits per heavy atom. The summed E-state index contributed by atoms with van der Waals surface area (Å²) in [4.78, 5) is 34.8. The van der Waals surface area contributed by atoms with Crippen molar-refractivity contribution in [2.24, 2.45) is 5.92 Å². The van der Waals surface area contributed by atoms with Crippen molar-refractivity contribution in [3.8, 4) is 0 Å². The van der Waals surface area contributed by atoms with Crippen LogP contribution in [0.4, 0.5) is 35.5 Å². The lowest BCUT2D eigenvalue weighted by molar-refractivity contribution is -0.197. The molecule has 3 atom stereocenters. The summed E-state index contributed by atoms with van der Waals surface area (Å²) in [6.45, 7) is 2.84. The van der Waals surface area contributed by atoms with Crippen molar-refractivity contribution in [3.05, 3.63) is 24.0 Å². The number of methoxy groups -OCH3 is 1. The second kappa shape index (κ2) is 9.92. The minimum atomic E-state index is -4.68. The molecule has 0 bridgehead atoms. The molecule has 1 amide bonds. The molecule has 3 N–H and O–H groups in total. The monoisotopic (exact) mass is 471 g/mol. The highest BCUT2D eigenvalue weighted by atomic mass is 19.4. The molecule has 11 nitrogen and oxygen atoms in total. The molecule has 0 aliphatic carbocycles. The number of rotatable bonds is 6. The number of piperidine rings is 1. The predicted octanol–water partition coefficient (Wildman–Crippen LogP) is 2.30. The van der Waals surface area contributed by atoms with E-state index < -0.39 is 36.3 Å². The quantitative estimate of drug-likeness (QED) is 0.543. The van der Waals surface area contributed by atoms with E-state index in [9.17, 15) is 22.8 Å². The van der Waals surface area contributed by atoms with Gasteiger partial charge in [0.2, 0.25) is 5.95 Å². The summed E-state index contributed by atoms with van der Waals surface area (Å²) in [7, 11) is 1.23. The molecular weight excluding hydrogens is 447 g/mol. The van der Waals surface area contributed by atoms with Crippen LogP contribution in [0, 0.1) is 12.8 Å². The number of aromatic nitrogens is 4. The number of H-pyrrole nitrogens is 1. The lowest BCUT2D eigenvalue weighted by atomic mass is 9.94. The van der Waals surface area contributed by atoms with E-state index in [1.165, 1.54) is 7.11 Å². The van der Waals surface area contributed by atoms with Crippen molar-refractivity contribution < 1.29 is 32.2 Å². The topological polar surface area (TPSA) is 134 Å². The van der Waals surface area contributed by atoms with E-state index in [-0.39, 0.29) is 25.5 Å². The number of hydrogen-bond donors (Lipinski definition) is 3. The smallest absolute Gasteiger partial charge is 0.425 e. The minimum absolute atomic E-state index is 0.149. The number of aromatic amines is 1. The van der Waals surface area contributed by atoms with Crippen LogP contribution in [-0.4, -0.2) is 70.7 Å². The van der Waals surface area contributed by atoms with Crippen LogP contribution >= 0.6 is 0 Å². The van der Waals surface area contributed by atoms with Crippen molar-refractivity contribution >= 4 is 29.6 Å². The van der Waals surface area contributed by atoms with Crippen molar-refractivity contribution in [2.45, 2.75) is 38.6 Å². The lowest BCUT2D eigenvalue weighted by Gasteiger charge is -2.37. The predicted molar refractivity (Wildman–Crippen MR) is 110 cm³/mol. The first-order chi connectivity index (χ1) is 15.5. The van der Waals surface area contributed by atoms with Crippen LogP contribution in [0.5, 0.6) is 0 Å². The average molecular weight is 471 g/mol. The van der Waals surface area contributed by atoms with Crippen molar-refractivity contribution in [1.29, 1.82) is 0 Å². The van der Waals surface area contributed by atoms with Crippen LogP contribution in [0.2, 0.25) is 0 Å². The van der Waals surface area contributed by atoms with Gasteiger partial charge in [0.15, 0.2) is 6.10 Å². The summed E-state index contributed by atoms with van der Waals surface area (Å²) in [6.07, 6.45) is -6.47. The third-order valence-electron chi connectivity index (χ3n) is 4.94. The summed E-state index contributed by atoms with van der Waals surface area (Å²) in [5, 5.41) is 12.0. The molecule has 1 aliphatic heterocycles. The number of aryl methyl sites for hydroxylation is 1. The Labute approximate surface area is 187 Å². The van der Waals surface area contributed by atoms with Gasteiger partial charge in [0.1, 0.15) is 11.6 Å². The fourth-order valence-electron chi connectivity index (χ4n) is 3.35. The van der Waals surface area contributed by atoms with Crippen LogP contribution in [0.25, 0.3) is 0 Å². The highest BCUT2D eigenvalue weighted by Gasteiger charge is 2.40. The number of ether oxygens (including phenoxy) is 2. The molecule has 180 valence electrons. The zero-order valence-corrected chi connectivity index (χ0v) is 18.1. The van der Waals surface area contributed by atoms with Crippen molar-refractivity contribution in [3.63, 3.8) is 0 Å². The number of amides is 1. The average Bonchev–Trinajstić information content (AvgIpc) is 3.24. The summed E-state index contributed by atoms with van der Waals surface area (Å²) < 4.78 is 47.3. The summed E-state index contributed by atoms with van der Waals surface area (Å²) in [5.41, 5.74) is 0.630. The van der Waals surface area contributed by atoms with E-state index in [1.807, 2.05) is 0 Å². The number of nitrogens with zero attached hydrogens (tertiary/aromatic N) is 4. The first-order valence-corrected chi connectivity index (χ1v) is 10.0. The van der Waals surface area contributed by atoms with E-state index in [4.69, 9.17) is 4.74 Å². The van der Waals surface area contributed by atoms with Gasteiger partial charge in [0.25, 0.3) is 0 Å². The minimum Gasteiger partial charge on any atom is -0.469 e. The SMILES string of the molecule is COC(=O)C1CC(NC(=O)O[C@@H](C)C(F)(F)F)CN(c2nc(C)cc(Nc3ccn[nH]3)n2)C1. The van der Waals surface area contributed by atoms with Crippen molar-refractivity contribution in [2.75, 3.05) is 30.4 Å². The van der Waals surface area contributed by atoms with E-state index in [0.29, 0.717) is 17.3 Å². The Hall–Kier alpha value is -3.58. The van der Waals surface area contributed by atoms with Crippen LogP contribution in [0.1, 0.15) is 19.0 Å². The third-order valence-corrected chi connectivity index (χ3v) is 4.94. The zero-order chi connectivity index (χ0) is 24.2. The number of hydrogen-bond acceptors (Lipinski definition) is 9. The van der Waals surface area contributed by atoms with Gasteiger partial charge in [0, 0.05) is 30.9 Å². The number of halogens is 3. The van der Waals surface area contributed by atoms with Crippen LogP contribution in [0.3, 0.4) is 0 Å². The molecule has 0 radical (unpaired) electrons. The molecule has 2 aromatic rings. The van der Waals surface area contributed by atoms with Crippen LogP contribution in [0.15, 0.2) is 18.3 Å². The second-order valence-electron chi connectivity index (χ2n) is 7.58.